The van der Waals surface area contributed by atoms with Crippen LogP contribution in [-0.2, 0) is 9.36 Å². The maximum absolute atomic E-state index is 12.5. The summed E-state index contributed by atoms with van der Waals surface area (Å²) in [6.45, 7) is 9.42. The summed E-state index contributed by atoms with van der Waals surface area (Å²) in [5.41, 5.74) is 0. The topological polar surface area (TPSA) is 34.1 Å². The Hall–Kier alpha value is 0.250. The van der Waals surface area contributed by atoms with Gasteiger partial charge in [-0.05, 0) is 12.7 Å². The number of hydrogen-bond acceptors (Lipinski definition) is 3. The molecule has 0 fully saturated rings. The van der Waals surface area contributed by atoms with Gasteiger partial charge in [-0.25, -0.2) is 0 Å². The highest BCUT2D eigenvalue weighted by atomic mass is 32.7. The van der Waals surface area contributed by atoms with Gasteiger partial charge in [0.1, 0.15) is 12.1 Å². The Kier molecular flexibility index (Phi) is 5.46. The predicted molar refractivity (Wildman–Crippen MR) is 65.7 cm³/mol. The molecule has 1 unspecified atom stereocenters. The lowest BCUT2D eigenvalue weighted by molar-refractivity contribution is -0.117. The second-order valence-electron chi connectivity index (χ2n) is 4.10. The average Bonchev–Trinajstić information content (AvgIpc) is 2.02. The van der Waals surface area contributed by atoms with E-state index in [0.29, 0.717) is 12.6 Å². The second-order valence-corrected chi connectivity index (χ2v) is 10.7. The molecule has 0 aromatic rings. The molecule has 2 nitrogen and oxygen atoms in total. The van der Waals surface area contributed by atoms with Crippen LogP contribution in [0.3, 0.4) is 0 Å². The van der Waals surface area contributed by atoms with Gasteiger partial charge in [0.15, 0.2) is 0 Å². The van der Waals surface area contributed by atoms with Crippen molar-refractivity contribution < 1.29 is 9.36 Å². The van der Waals surface area contributed by atoms with Crippen molar-refractivity contribution in [2.75, 3.05) is 11.9 Å². The van der Waals surface area contributed by atoms with E-state index < -0.39 is 6.34 Å². The van der Waals surface area contributed by atoms with Gasteiger partial charge in [-0.2, -0.15) is 0 Å². The van der Waals surface area contributed by atoms with Crippen LogP contribution in [-0.4, -0.2) is 22.9 Å². The van der Waals surface area contributed by atoms with E-state index in [9.17, 15) is 9.36 Å². The SMILES string of the molecule is CCSP(=O)(CC)C(C)(C)CC(C)=O. The highest BCUT2D eigenvalue weighted by molar-refractivity contribution is 8.58. The first-order valence-electron chi connectivity index (χ1n) is 5.02. The number of ketones is 1. The highest BCUT2D eigenvalue weighted by Crippen LogP contribution is 2.68. The molecule has 14 heavy (non-hydrogen) atoms. The normalized spacial score (nSPS) is 16.4. The third kappa shape index (κ3) is 3.43. The van der Waals surface area contributed by atoms with Crippen LogP contribution in [0.5, 0.6) is 0 Å². The fraction of sp³-hybridized carbons (Fsp3) is 0.900. The van der Waals surface area contributed by atoms with Crippen LogP contribution in [0.2, 0.25) is 0 Å². The fourth-order valence-electron chi connectivity index (χ4n) is 1.63. The molecule has 0 rings (SSSR count). The van der Waals surface area contributed by atoms with Gasteiger partial charge in [-0.3, -0.25) is 4.79 Å². The van der Waals surface area contributed by atoms with Gasteiger partial charge in [0.2, 0.25) is 0 Å². The molecular formula is C10H21O2PS. The lowest BCUT2D eigenvalue weighted by Gasteiger charge is -2.32. The third-order valence-electron chi connectivity index (χ3n) is 2.36. The molecule has 0 N–H and O–H groups in total. The monoisotopic (exact) mass is 236 g/mol. The molecule has 0 aromatic heterocycles. The standard InChI is InChI=1S/C10H21O2PS/c1-6-13(12,14-7-2)10(4,5)8-9(3)11/h6-8H2,1-5H3. The summed E-state index contributed by atoms with van der Waals surface area (Å²) in [7, 11) is 0. The van der Waals surface area contributed by atoms with Crippen LogP contribution in [0.1, 0.15) is 41.0 Å². The maximum atomic E-state index is 12.5. The average molecular weight is 236 g/mol. The molecule has 4 heteroatoms. The smallest absolute Gasteiger partial charge is 0.144 e. The predicted octanol–water partition coefficient (Wildman–Crippen LogP) is 3.80. The van der Waals surface area contributed by atoms with Crippen LogP contribution in [0.15, 0.2) is 0 Å². The van der Waals surface area contributed by atoms with Crippen molar-refractivity contribution in [3.05, 3.63) is 0 Å². The molecule has 0 aliphatic rings. The zero-order chi connectivity index (χ0) is 11.4. The van der Waals surface area contributed by atoms with Crippen molar-refractivity contribution in [2.24, 2.45) is 0 Å². The van der Waals surface area contributed by atoms with E-state index in [1.807, 2.05) is 27.7 Å². The Bertz CT molecular complexity index is 249. The number of Topliss-reactive ketones (excluding diaryl/α,β-unsaturated/α-hetero) is 1. The third-order valence-corrected chi connectivity index (χ3v) is 10.2. The van der Waals surface area contributed by atoms with Gasteiger partial charge in [0.05, 0.1) is 0 Å². The van der Waals surface area contributed by atoms with Crippen molar-refractivity contribution >= 4 is 23.5 Å². The van der Waals surface area contributed by atoms with Crippen LogP contribution < -0.4 is 0 Å². The van der Waals surface area contributed by atoms with E-state index in [1.165, 1.54) is 11.4 Å². The highest BCUT2D eigenvalue weighted by Gasteiger charge is 2.39. The van der Waals surface area contributed by atoms with E-state index in [-0.39, 0.29) is 10.9 Å². The Balaban J connectivity index is 4.81. The molecule has 0 aliphatic carbocycles. The maximum Gasteiger partial charge on any atom is 0.144 e. The first-order valence-corrected chi connectivity index (χ1v) is 8.50. The van der Waals surface area contributed by atoms with Crippen LogP contribution >= 0.6 is 17.7 Å². The summed E-state index contributed by atoms with van der Waals surface area (Å²) < 4.78 is 12.5. The Morgan fingerprint density at radius 2 is 1.86 bits per heavy atom. The zero-order valence-corrected chi connectivity index (χ0v) is 11.5. The first kappa shape index (κ1) is 14.2. The summed E-state index contributed by atoms with van der Waals surface area (Å²) in [5, 5.41) is -0.353. The van der Waals surface area contributed by atoms with E-state index in [2.05, 4.69) is 0 Å². The number of carbonyl (C=O) groups is 1. The number of rotatable bonds is 6. The molecule has 84 valence electrons. The molecule has 0 saturated carbocycles. The minimum atomic E-state index is -2.26. The van der Waals surface area contributed by atoms with Crippen molar-refractivity contribution in [3.63, 3.8) is 0 Å². The summed E-state index contributed by atoms with van der Waals surface area (Å²) in [4.78, 5) is 11.1. The van der Waals surface area contributed by atoms with E-state index in [1.54, 1.807) is 6.92 Å². The van der Waals surface area contributed by atoms with E-state index in [4.69, 9.17) is 0 Å². The van der Waals surface area contributed by atoms with Gasteiger partial charge in [-0.1, -0.05) is 39.1 Å². The van der Waals surface area contributed by atoms with Gasteiger partial charge in [0, 0.05) is 17.7 Å². The Morgan fingerprint density at radius 1 is 1.36 bits per heavy atom. The molecule has 0 heterocycles. The van der Waals surface area contributed by atoms with Gasteiger partial charge >= 0.3 is 0 Å². The minimum Gasteiger partial charge on any atom is -0.312 e. The largest absolute Gasteiger partial charge is 0.312 e. The summed E-state index contributed by atoms with van der Waals surface area (Å²) in [6.07, 6.45) is -1.17. The molecule has 0 aromatic carbocycles. The van der Waals surface area contributed by atoms with Crippen molar-refractivity contribution in [3.8, 4) is 0 Å². The van der Waals surface area contributed by atoms with Crippen LogP contribution in [0.4, 0.5) is 0 Å². The van der Waals surface area contributed by atoms with Crippen molar-refractivity contribution in [2.45, 2.75) is 46.2 Å². The van der Waals surface area contributed by atoms with Crippen molar-refractivity contribution in [1.29, 1.82) is 0 Å². The molecule has 0 saturated heterocycles. The molecular weight excluding hydrogens is 215 g/mol. The Morgan fingerprint density at radius 3 is 2.14 bits per heavy atom. The molecule has 1 atom stereocenters. The lowest BCUT2D eigenvalue weighted by Crippen LogP contribution is -2.23. The minimum absolute atomic E-state index is 0.125. The Labute approximate surface area is 91.3 Å². The van der Waals surface area contributed by atoms with E-state index >= 15 is 0 Å². The van der Waals surface area contributed by atoms with Crippen molar-refractivity contribution in [1.82, 2.24) is 0 Å². The molecule has 0 aliphatic heterocycles. The van der Waals surface area contributed by atoms with E-state index in [0.717, 1.165) is 5.75 Å². The number of hydrogen-bond donors (Lipinski definition) is 0. The molecule has 0 radical (unpaired) electrons. The quantitative estimate of drug-likeness (QED) is 0.658. The van der Waals surface area contributed by atoms with Gasteiger partial charge in [0.25, 0.3) is 0 Å². The summed E-state index contributed by atoms with van der Waals surface area (Å²) in [6, 6.07) is 0. The van der Waals surface area contributed by atoms with Crippen LogP contribution in [0, 0.1) is 0 Å². The molecule has 0 spiro atoms. The fourth-order valence-corrected chi connectivity index (χ4v) is 6.94. The van der Waals surface area contributed by atoms with Gasteiger partial charge in [-0.15, -0.1) is 0 Å². The second kappa shape index (κ2) is 5.37. The zero-order valence-electron chi connectivity index (χ0n) is 9.79. The molecule has 0 amide bonds. The summed E-state index contributed by atoms with van der Waals surface area (Å²) >= 11 is 1.53. The molecule has 0 bridgehead atoms. The number of carbonyl (C=O) groups excluding carboxylic acids is 1. The lowest BCUT2D eigenvalue weighted by atomic mass is 10.1. The summed E-state index contributed by atoms with van der Waals surface area (Å²) in [5.74, 6) is 0.979. The first-order chi connectivity index (χ1) is 6.29. The van der Waals surface area contributed by atoms with Gasteiger partial charge < -0.3 is 4.57 Å². The van der Waals surface area contributed by atoms with Crippen LogP contribution in [0.25, 0.3) is 0 Å².